The fraction of sp³-hybridized carbons (Fsp3) is 0.235. The average molecular weight is 253 g/mol. The largest absolute Gasteiger partial charge is 0.337 e. The van der Waals surface area contributed by atoms with Gasteiger partial charge in [0.15, 0.2) is 0 Å². The first-order chi connectivity index (χ1) is 9.06. The quantitative estimate of drug-likeness (QED) is 0.818. The van der Waals surface area contributed by atoms with E-state index in [0.29, 0.717) is 6.54 Å². The van der Waals surface area contributed by atoms with Crippen LogP contribution in [0.25, 0.3) is 0 Å². The predicted octanol–water partition coefficient (Wildman–Crippen LogP) is 3.58. The topological polar surface area (TPSA) is 20.3 Å². The Balaban J connectivity index is 2.07. The van der Waals surface area contributed by atoms with Crippen LogP contribution in [0.3, 0.4) is 0 Å². The van der Waals surface area contributed by atoms with Crippen molar-refractivity contribution in [3.8, 4) is 0 Å². The molecule has 19 heavy (non-hydrogen) atoms. The van der Waals surface area contributed by atoms with Crippen LogP contribution in [0.1, 0.15) is 27.0 Å². The molecule has 2 aromatic carbocycles. The van der Waals surface area contributed by atoms with E-state index in [1.807, 2.05) is 38.2 Å². The first-order valence-corrected chi connectivity index (χ1v) is 6.44. The zero-order valence-electron chi connectivity index (χ0n) is 11.7. The number of carbonyl (C=O) groups is 1. The van der Waals surface area contributed by atoms with Gasteiger partial charge in [-0.05, 0) is 31.5 Å². The van der Waals surface area contributed by atoms with Crippen LogP contribution in [-0.4, -0.2) is 17.9 Å². The molecule has 0 spiro atoms. The lowest BCUT2D eigenvalue weighted by Gasteiger charge is -2.17. The van der Waals surface area contributed by atoms with Crippen molar-refractivity contribution in [2.45, 2.75) is 20.4 Å². The van der Waals surface area contributed by atoms with Crippen LogP contribution < -0.4 is 0 Å². The van der Waals surface area contributed by atoms with E-state index >= 15 is 0 Å². The Morgan fingerprint density at radius 1 is 0.895 bits per heavy atom. The van der Waals surface area contributed by atoms with Gasteiger partial charge >= 0.3 is 0 Å². The van der Waals surface area contributed by atoms with Crippen molar-refractivity contribution in [1.82, 2.24) is 4.90 Å². The number of carbonyl (C=O) groups excluding carboxylic acids is 1. The fourth-order valence-electron chi connectivity index (χ4n) is 1.96. The zero-order chi connectivity index (χ0) is 13.8. The van der Waals surface area contributed by atoms with Gasteiger partial charge in [-0.3, -0.25) is 4.79 Å². The molecule has 98 valence electrons. The molecule has 0 fully saturated rings. The number of amides is 1. The van der Waals surface area contributed by atoms with Crippen molar-refractivity contribution < 1.29 is 4.79 Å². The summed E-state index contributed by atoms with van der Waals surface area (Å²) in [5.41, 5.74) is 4.28. The number of nitrogens with zero attached hydrogens (tertiary/aromatic N) is 1. The zero-order valence-corrected chi connectivity index (χ0v) is 11.7. The highest BCUT2D eigenvalue weighted by Crippen LogP contribution is 2.10. The molecule has 0 atom stereocenters. The van der Waals surface area contributed by atoms with Crippen molar-refractivity contribution in [3.63, 3.8) is 0 Å². The lowest BCUT2D eigenvalue weighted by molar-refractivity contribution is 0.0785. The molecule has 2 rings (SSSR count). The van der Waals surface area contributed by atoms with Crippen LogP contribution in [-0.2, 0) is 6.54 Å². The number of aryl methyl sites for hydroxylation is 2. The van der Waals surface area contributed by atoms with E-state index in [0.717, 1.165) is 16.7 Å². The molecule has 0 heterocycles. The molecule has 2 heteroatoms. The maximum absolute atomic E-state index is 12.3. The summed E-state index contributed by atoms with van der Waals surface area (Å²) < 4.78 is 0. The Kier molecular flexibility index (Phi) is 4.00. The van der Waals surface area contributed by atoms with Crippen molar-refractivity contribution in [1.29, 1.82) is 0 Å². The summed E-state index contributed by atoms with van der Waals surface area (Å²) in [6.45, 7) is 4.71. The van der Waals surface area contributed by atoms with Crippen molar-refractivity contribution >= 4 is 5.91 Å². The second kappa shape index (κ2) is 5.70. The lowest BCUT2D eigenvalue weighted by atomic mass is 10.1. The highest BCUT2D eigenvalue weighted by atomic mass is 16.2. The molecule has 0 saturated heterocycles. The SMILES string of the molecule is Cc1ccc(CN(C)C(=O)c2ccc(C)cc2)cc1. The van der Waals surface area contributed by atoms with E-state index in [9.17, 15) is 4.79 Å². The third-order valence-corrected chi connectivity index (χ3v) is 3.19. The Morgan fingerprint density at radius 3 is 1.89 bits per heavy atom. The molecule has 0 aromatic heterocycles. The highest BCUT2D eigenvalue weighted by Gasteiger charge is 2.11. The van der Waals surface area contributed by atoms with Gasteiger partial charge in [0.2, 0.25) is 0 Å². The monoisotopic (exact) mass is 253 g/mol. The first-order valence-electron chi connectivity index (χ1n) is 6.44. The number of hydrogen-bond donors (Lipinski definition) is 0. The predicted molar refractivity (Wildman–Crippen MR) is 78.2 cm³/mol. The first kappa shape index (κ1) is 13.3. The molecule has 0 aliphatic rings. The molecule has 0 N–H and O–H groups in total. The summed E-state index contributed by atoms with van der Waals surface area (Å²) in [5.74, 6) is 0.0561. The maximum atomic E-state index is 12.3. The molecule has 0 aliphatic carbocycles. The summed E-state index contributed by atoms with van der Waals surface area (Å²) in [6.07, 6.45) is 0. The summed E-state index contributed by atoms with van der Waals surface area (Å²) >= 11 is 0. The standard InChI is InChI=1S/C17H19NO/c1-13-4-8-15(9-5-13)12-18(3)17(19)16-10-6-14(2)7-11-16/h4-11H,12H2,1-3H3. The molecule has 0 aliphatic heterocycles. The molecule has 0 unspecified atom stereocenters. The molecule has 1 amide bonds. The van der Waals surface area contributed by atoms with Gasteiger partial charge < -0.3 is 4.90 Å². The summed E-state index contributed by atoms with van der Waals surface area (Å²) in [4.78, 5) is 14.0. The van der Waals surface area contributed by atoms with E-state index in [2.05, 4.69) is 31.2 Å². The van der Waals surface area contributed by atoms with Gasteiger partial charge in [0.1, 0.15) is 0 Å². The molecule has 2 aromatic rings. The minimum Gasteiger partial charge on any atom is -0.337 e. The maximum Gasteiger partial charge on any atom is 0.253 e. The number of hydrogen-bond acceptors (Lipinski definition) is 1. The van der Waals surface area contributed by atoms with Gasteiger partial charge in [0.25, 0.3) is 5.91 Å². The van der Waals surface area contributed by atoms with E-state index in [1.165, 1.54) is 5.56 Å². The molecule has 0 saturated carbocycles. The van der Waals surface area contributed by atoms with Crippen molar-refractivity contribution in [3.05, 3.63) is 70.8 Å². The average Bonchev–Trinajstić information content (AvgIpc) is 2.41. The minimum atomic E-state index is 0.0561. The van der Waals surface area contributed by atoms with Gasteiger partial charge in [0.05, 0.1) is 0 Å². The van der Waals surface area contributed by atoms with Crippen LogP contribution in [0.15, 0.2) is 48.5 Å². The van der Waals surface area contributed by atoms with Gasteiger partial charge in [-0.1, -0.05) is 47.5 Å². The van der Waals surface area contributed by atoms with Crippen molar-refractivity contribution in [2.75, 3.05) is 7.05 Å². The third kappa shape index (κ3) is 3.44. The highest BCUT2D eigenvalue weighted by molar-refractivity contribution is 5.94. The molecule has 0 radical (unpaired) electrons. The Morgan fingerprint density at radius 2 is 1.37 bits per heavy atom. The second-order valence-electron chi connectivity index (χ2n) is 5.01. The van der Waals surface area contributed by atoms with Crippen LogP contribution in [0.4, 0.5) is 0 Å². The fourth-order valence-corrected chi connectivity index (χ4v) is 1.96. The number of rotatable bonds is 3. The van der Waals surface area contributed by atoms with Crippen LogP contribution in [0.2, 0.25) is 0 Å². The summed E-state index contributed by atoms with van der Waals surface area (Å²) in [5, 5.41) is 0. The third-order valence-electron chi connectivity index (χ3n) is 3.19. The summed E-state index contributed by atoms with van der Waals surface area (Å²) in [6, 6.07) is 16.0. The Hall–Kier alpha value is -2.09. The van der Waals surface area contributed by atoms with Crippen molar-refractivity contribution in [2.24, 2.45) is 0 Å². The van der Waals surface area contributed by atoms with E-state index in [1.54, 1.807) is 4.90 Å². The van der Waals surface area contributed by atoms with Gasteiger partial charge in [-0.2, -0.15) is 0 Å². The summed E-state index contributed by atoms with van der Waals surface area (Å²) in [7, 11) is 1.84. The van der Waals surface area contributed by atoms with E-state index in [-0.39, 0.29) is 5.91 Å². The van der Waals surface area contributed by atoms with Gasteiger partial charge in [-0.15, -0.1) is 0 Å². The van der Waals surface area contributed by atoms with E-state index < -0.39 is 0 Å². The lowest BCUT2D eigenvalue weighted by Crippen LogP contribution is -2.26. The Bertz CT molecular complexity index is 555. The smallest absolute Gasteiger partial charge is 0.253 e. The second-order valence-corrected chi connectivity index (χ2v) is 5.01. The molecule has 0 bridgehead atoms. The van der Waals surface area contributed by atoms with Crippen LogP contribution >= 0.6 is 0 Å². The number of benzene rings is 2. The van der Waals surface area contributed by atoms with E-state index in [4.69, 9.17) is 0 Å². The molecular weight excluding hydrogens is 234 g/mol. The van der Waals surface area contributed by atoms with Gasteiger partial charge in [0, 0.05) is 19.2 Å². The van der Waals surface area contributed by atoms with Gasteiger partial charge in [-0.25, -0.2) is 0 Å². The molecule has 2 nitrogen and oxygen atoms in total. The normalized spacial score (nSPS) is 10.3. The van der Waals surface area contributed by atoms with Crippen LogP contribution in [0, 0.1) is 13.8 Å². The Labute approximate surface area is 114 Å². The minimum absolute atomic E-state index is 0.0561. The van der Waals surface area contributed by atoms with Crippen LogP contribution in [0.5, 0.6) is 0 Å². The molecular formula is C17H19NO.